The summed E-state index contributed by atoms with van der Waals surface area (Å²) in [7, 11) is 0. The standard InChI is InChI=1S/C13H18O2S/c1-9(12(14)15)16-11-7-5-10(6-8-11)13(2,3)4/h5-9H,1-4H3,(H,14,15)/p-1/t9-/m0/s1. The highest BCUT2D eigenvalue weighted by Crippen LogP contribution is 2.27. The lowest BCUT2D eigenvalue weighted by Gasteiger charge is -2.19. The zero-order valence-corrected chi connectivity index (χ0v) is 10.9. The van der Waals surface area contributed by atoms with Gasteiger partial charge in [0.1, 0.15) is 0 Å². The molecule has 0 fully saturated rings. The fourth-order valence-corrected chi connectivity index (χ4v) is 2.08. The van der Waals surface area contributed by atoms with Gasteiger partial charge in [-0.05, 0) is 30.0 Å². The van der Waals surface area contributed by atoms with Crippen molar-refractivity contribution >= 4 is 17.7 Å². The second kappa shape index (κ2) is 4.91. The predicted molar refractivity (Wildman–Crippen MR) is 65.5 cm³/mol. The Kier molecular flexibility index (Phi) is 4.03. The SMILES string of the molecule is C[C@H](Sc1ccc(C(C)(C)C)cc1)C(=O)[O-]. The number of rotatable bonds is 3. The molecule has 0 amide bonds. The molecule has 0 aliphatic rings. The lowest BCUT2D eigenvalue weighted by molar-refractivity contribution is -0.304. The summed E-state index contributed by atoms with van der Waals surface area (Å²) in [5.41, 5.74) is 1.38. The molecule has 0 saturated carbocycles. The van der Waals surface area contributed by atoms with Gasteiger partial charge in [0.15, 0.2) is 0 Å². The van der Waals surface area contributed by atoms with Crippen molar-refractivity contribution < 1.29 is 9.90 Å². The molecule has 0 aromatic heterocycles. The number of carbonyl (C=O) groups is 1. The van der Waals surface area contributed by atoms with E-state index < -0.39 is 11.2 Å². The van der Waals surface area contributed by atoms with Crippen LogP contribution >= 0.6 is 11.8 Å². The van der Waals surface area contributed by atoms with Gasteiger partial charge < -0.3 is 9.90 Å². The van der Waals surface area contributed by atoms with Crippen molar-refractivity contribution in [1.29, 1.82) is 0 Å². The minimum absolute atomic E-state index is 0.128. The summed E-state index contributed by atoms with van der Waals surface area (Å²) in [4.78, 5) is 11.6. The minimum atomic E-state index is -1.02. The Bertz CT molecular complexity index is 363. The van der Waals surface area contributed by atoms with Crippen LogP contribution in [0.4, 0.5) is 0 Å². The van der Waals surface area contributed by atoms with E-state index in [-0.39, 0.29) is 5.41 Å². The Labute approximate surface area is 101 Å². The second-order valence-corrected chi connectivity index (χ2v) is 6.27. The molecule has 0 radical (unpaired) electrons. The monoisotopic (exact) mass is 237 g/mol. The lowest BCUT2D eigenvalue weighted by atomic mass is 9.87. The van der Waals surface area contributed by atoms with Gasteiger partial charge in [-0.25, -0.2) is 0 Å². The molecule has 0 aliphatic heterocycles. The molecule has 1 atom stereocenters. The highest BCUT2D eigenvalue weighted by Gasteiger charge is 2.13. The van der Waals surface area contributed by atoms with Gasteiger partial charge in [0.05, 0.1) is 5.97 Å². The number of aliphatic carboxylic acids is 1. The van der Waals surface area contributed by atoms with Crippen molar-refractivity contribution in [2.45, 2.75) is 43.3 Å². The molecule has 0 aliphatic carbocycles. The average Bonchev–Trinajstić information content (AvgIpc) is 2.17. The van der Waals surface area contributed by atoms with E-state index in [1.165, 1.54) is 17.3 Å². The van der Waals surface area contributed by atoms with E-state index >= 15 is 0 Å². The first-order valence-corrected chi connectivity index (χ1v) is 6.17. The van der Waals surface area contributed by atoms with Gasteiger partial charge in [-0.15, -0.1) is 11.8 Å². The van der Waals surface area contributed by atoms with Gasteiger partial charge in [0.2, 0.25) is 0 Å². The Morgan fingerprint density at radius 2 is 1.75 bits per heavy atom. The predicted octanol–water partition coefficient (Wildman–Crippen LogP) is 2.21. The van der Waals surface area contributed by atoms with Crippen LogP contribution in [0.15, 0.2) is 29.2 Å². The molecule has 1 aromatic rings. The lowest BCUT2D eigenvalue weighted by Crippen LogP contribution is -2.31. The fourth-order valence-electron chi connectivity index (χ4n) is 1.29. The van der Waals surface area contributed by atoms with Crippen molar-refractivity contribution in [2.75, 3.05) is 0 Å². The first kappa shape index (κ1) is 13.1. The van der Waals surface area contributed by atoms with Crippen LogP contribution in [-0.2, 0) is 10.2 Å². The van der Waals surface area contributed by atoms with Gasteiger partial charge in [-0.3, -0.25) is 0 Å². The van der Waals surface area contributed by atoms with Crippen LogP contribution in [0, 0.1) is 0 Å². The molecule has 0 unspecified atom stereocenters. The first-order chi connectivity index (χ1) is 7.30. The van der Waals surface area contributed by atoms with E-state index in [0.717, 1.165) is 4.90 Å². The normalized spacial score (nSPS) is 13.5. The zero-order valence-electron chi connectivity index (χ0n) is 10.1. The van der Waals surface area contributed by atoms with Gasteiger partial charge in [0, 0.05) is 10.1 Å². The number of carboxylic acids is 1. The number of carbonyl (C=O) groups excluding carboxylic acids is 1. The van der Waals surface area contributed by atoms with Crippen LogP contribution < -0.4 is 5.11 Å². The smallest absolute Gasteiger partial charge is 0.0545 e. The van der Waals surface area contributed by atoms with Crippen LogP contribution in [-0.4, -0.2) is 11.2 Å². The maximum absolute atomic E-state index is 10.6. The molecule has 0 heterocycles. The molecule has 0 saturated heterocycles. The summed E-state index contributed by atoms with van der Waals surface area (Å²) < 4.78 is 0. The Hall–Kier alpha value is -0.960. The minimum Gasteiger partial charge on any atom is -0.549 e. The zero-order chi connectivity index (χ0) is 12.3. The fraction of sp³-hybridized carbons (Fsp3) is 0.462. The largest absolute Gasteiger partial charge is 0.549 e. The number of benzene rings is 1. The molecule has 88 valence electrons. The van der Waals surface area contributed by atoms with E-state index in [2.05, 4.69) is 20.8 Å². The van der Waals surface area contributed by atoms with Crippen LogP contribution in [0.25, 0.3) is 0 Å². The van der Waals surface area contributed by atoms with E-state index in [9.17, 15) is 9.90 Å². The summed E-state index contributed by atoms with van der Waals surface area (Å²) in [5.74, 6) is -1.02. The highest BCUT2D eigenvalue weighted by atomic mass is 32.2. The molecule has 16 heavy (non-hydrogen) atoms. The van der Waals surface area contributed by atoms with Crippen molar-refractivity contribution in [3.05, 3.63) is 29.8 Å². The molecular weight excluding hydrogens is 220 g/mol. The maximum atomic E-state index is 10.6. The number of hydrogen-bond acceptors (Lipinski definition) is 3. The highest BCUT2D eigenvalue weighted by molar-refractivity contribution is 8.00. The van der Waals surface area contributed by atoms with E-state index in [4.69, 9.17) is 0 Å². The van der Waals surface area contributed by atoms with E-state index in [1.54, 1.807) is 6.92 Å². The molecule has 3 heteroatoms. The number of thioether (sulfide) groups is 1. The van der Waals surface area contributed by atoms with Crippen molar-refractivity contribution in [3.63, 3.8) is 0 Å². The third-order valence-electron chi connectivity index (χ3n) is 2.37. The van der Waals surface area contributed by atoms with Crippen LogP contribution in [0.1, 0.15) is 33.3 Å². The number of hydrogen-bond donors (Lipinski definition) is 0. The van der Waals surface area contributed by atoms with Crippen LogP contribution in [0.2, 0.25) is 0 Å². The van der Waals surface area contributed by atoms with E-state index in [0.29, 0.717) is 0 Å². The summed E-state index contributed by atoms with van der Waals surface area (Å²) >= 11 is 1.31. The molecule has 2 nitrogen and oxygen atoms in total. The Morgan fingerprint density at radius 3 is 2.12 bits per heavy atom. The molecule has 0 bridgehead atoms. The van der Waals surface area contributed by atoms with Gasteiger partial charge >= 0.3 is 0 Å². The van der Waals surface area contributed by atoms with Crippen LogP contribution in [0.5, 0.6) is 0 Å². The van der Waals surface area contributed by atoms with E-state index in [1.807, 2.05) is 24.3 Å². The second-order valence-electron chi connectivity index (χ2n) is 4.85. The molecule has 1 aromatic carbocycles. The molecule has 0 spiro atoms. The van der Waals surface area contributed by atoms with Crippen molar-refractivity contribution in [3.8, 4) is 0 Å². The molecule has 0 N–H and O–H groups in total. The summed E-state index contributed by atoms with van der Waals surface area (Å²) in [5, 5.41) is 10.1. The van der Waals surface area contributed by atoms with Crippen LogP contribution in [0.3, 0.4) is 0 Å². The summed E-state index contributed by atoms with van der Waals surface area (Å²) in [6, 6.07) is 8.02. The quantitative estimate of drug-likeness (QED) is 0.757. The Balaban J connectivity index is 2.76. The maximum Gasteiger partial charge on any atom is 0.0545 e. The van der Waals surface area contributed by atoms with Gasteiger partial charge in [0.25, 0.3) is 0 Å². The topological polar surface area (TPSA) is 40.1 Å². The third kappa shape index (κ3) is 3.56. The van der Waals surface area contributed by atoms with Gasteiger partial charge in [-0.1, -0.05) is 32.9 Å². The number of carboxylic acid groups (broad SMARTS) is 1. The summed E-state index contributed by atoms with van der Waals surface area (Å²) in [6.45, 7) is 8.09. The van der Waals surface area contributed by atoms with Gasteiger partial charge in [-0.2, -0.15) is 0 Å². The molecular formula is C13H17O2S-. The third-order valence-corrected chi connectivity index (χ3v) is 3.46. The van der Waals surface area contributed by atoms with Crippen molar-refractivity contribution in [2.24, 2.45) is 0 Å². The first-order valence-electron chi connectivity index (χ1n) is 5.29. The summed E-state index contributed by atoms with van der Waals surface area (Å²) in [6.07, 6.45) is 0. The van der Waals surface area contributed by atoms with Crippen molar-refractivity contribution in [1.82, 2.24) is 0 Å². The average molecular weight is 237 g/mol. The Morgan fingerprint density at radius 1 is 1.25 bits per heavy atom. The molecule has 1 rings (SSSR count).